The monoisotopic (exact) mass is 271 g/mol. The van der Waals surface area contributed by atoms with Gasteiger partial charge in [0.15, 0.2) is 9.84 Å². The maximum Gasteiger partial charge on any atom is 0.154 e. The second-order valence-corrected chi connectivity index (χ2v) is 7.44. The van der Waals surface area contributed by atoms with Crippen molar-refractivity contribution in [1.29, 1.82) is 0 Å². The maximum absolute atomic E-state index is 13.3. The molecule has 1 fully saturated rings. The lowest BCUT2D eigenvalue weighted by Crippen LogP contribution is -2.36. The van der Waals surface area contributed by atoms with E-state index >= 15 is 0 Å². The molecule has 0 amide bonds. The van der Waals surface area contributed by atoms with Crippen LogP contribution in [-0.2, 0) is 9.84 Å². The molecule has 5 heteroatoms. The Morgan fingerprint density at radius 3 is 2.72 bits per heavy atom. The van der Waals surface area contributed by atoms with E-state index in [4.69, 9.17) is 0 Å². The summed E-state index contributed by atoms with van der Waals surface area (Å²) in [5.41, 5.74) is 0.694. The second-order valence-electron chi connectivity index (χ2n) is 4.96. The van der Waals surface area contributed by atoms with Gasteiger partial charge in [0.25, 0.3) is 0 Å². The van der Waals surface area contributed by atoms with Crippen LogP contribution >= 0.6 is 0 Å². The molecule has 18 heavy (non-hydrogen) atoms. The van der Waals surface area contributed by atoms with E-state index in [9.17, 15) is 12.8 Å². The lowest BCUT2D eigenvalue weighted by atomic mass is 10.0. The molecule has 1 N–H and O–H groups in total. The summed E-state index contributed by atoms with van der Waals surface area (Å²) in [5, 5.41) is 2.74. The first kappa shape index (κ1) is 13.5. The number of nitrogens with one attached hydrogen (secondary N) is 1. The van der Waals surface area contributed by atoms with Gasteiger partial charge in [-0.25, -0.2) is 12.8 Å². The molecule has 2 rings (SSSR count). The zero-order chi connectivity index (χ0) is 13.3. The summed E-state index contributed by atoms with van der Waals surface area (Å²) < 4.78 is 37.4. The van der Waals surface area contributed by atoms with Crippen LogP contribution in [0.15, 0.2) is 24.3 Å². The largest absolute Gasteiger partial charge is 0.306 e. The summed E-state index contributed by atoms with van der Waals surface area (Å²) in [5.74, 6) is -0.149. The van der Waals surface area contributed by atoms with Gasteiger partial charge in [-0.05, 0) is 38.0 Å². The summed E-state index contributed by atoms with van der Waals surface area (Å²) in [6, 6.07) is 5.91. The predicted octanol–water partition coefficient (Wildman–Crippen LogP) is 2.05. The van der Waals surface area contributed by atoms with Crippen molar-refractivity contribution in [2.75, 3.05) is 5.75 Å². The van der Waals surface area contributed by atoms with E-state index in [1.54, 1.807) is 19.1 Å². The summed E-state index contributed by atoms with van der Waals surface area (Å²) in [6.45, 7) is 3.65. The van der Waals surface area contributed by atoms with Gasteiger partial charge in [-0.15, -0.1) is 0 Å². The average molecular weight is 271 g/mol. The van der Waals surface area contributed by atoms with Gasteiger partial charge in [-0.1, -0.05) is 12.1 Å². The maximum atomic E-state index is 13.3. The van der Waals surface area contributed by atoms with Crippen molar-refractivity contribution in [3.63, 3.8) is 0 Å². The zero-order valence-electron chi connectivity index (χ0n) is 10.6. The second kappa shape index (κ2) is 4.97. The van der Waals surface area contributed by atoms with E-state index in [1.807, 2.05) is 6.92 Å². The molecular formula is C13H18FNO2S. The van der Waals surface area contributed by atoms with Gasteiger partial charge in [0, 0.05) is 12.1 Å². The Morgan fingerprint density at radius 2 is 2.06 bits per heavy atom. The zero-order valence-corrected chi connectivity index (χ0v) is 11.4. The number of sulfone groups is 1. The minimum absolute atomic E-state index is 0.109. The summed E-state index contributed by atoms with van der Waals surface area (Å²) in [4.78, 5) is 0. The van der Waals surface area contributed by atoms with Gasteiger partial charge in [0.2, 0.25) is 0 Å². The minimum atomic E-state index is -3.13. The lowest BCUT2D eigenvalue weighted by Gasteiger charge is -2.24. The van der Waals surface area contributed by atoms with Crippen molar-refractivity contribution >= 4 is 9.84 Å². The smallest absolute Gasteiger partial charge is 0.154 e. The van der Waals surface area contributed by atoms with Crippen molar-refractivity contribution < 1.29 is 12.8 Å². The molecule has 3 unspecified atom stereocenters. The van der Waals surface area contributed by atoms with Crippen molar-refractivity contribution in [2.45, 2.75) is 37.6 Å². The molecular weight excluding hydrogens is 253 g/mol. The Bertz CT molecular complexity index is 530. The fourth-order valence-corrected chi connectivity index (χ4v) is 4.03. The molecule has 1 aromatic rings. The highest BCUT2D eigenvalue weighted by atomic mass is 32.2. The molecule has 0 spiro atoms. The molecule has 3 atom stereocenters. The first-order valence-corrected chi connectivity index (χ1v) is 7.85. The third-order valence-electron chi connectivity index (χ3n) is 3.54. The molecule has 1 aliphatic heterocycles. The van der Waals surface area contributed by atoms with E-state index < -0.39 is 15.1 Å². The SMILES string of the molecule is CC1CCS(=O)(=O)C(C)C(c2cccc(F)c2)N1. The van der Waals surface area contributed by atoms with Crippen LogP contribution in [-0.4, -0.2) is 25.5 Å². The van der Waals surface area contributed by atoms with Crippen LogP contribution in [0.2, 0.25) is 0 Å². The minimum Gasteiger partial charge on any atom is -0.306 e. The lowest BCUT2D eigenvalue weighted by molar-refractivity contribution is 0.450. The first-order valence-electron chi connectivity index (χ1n) is 6.13. The molecule has 0 aliphatic carbocycles. The van der Waals surface area contributed by atoms with Crippen LogP contribution < -0.4 is 5.32 Å². The van der Waals surface area contributed by atoms with Crippen molar-refractivity contribution in [3.05, 3.63) is 35.6 Å². The van der Waals surface area contributed by atoms with E-state index in [-0.39, 0.29) is 23.7 Å². The molecule has 1 heterocycles. The Hall–Kier alpha value is -0.940. The van der Waals surface area contributed by atoms with Crippen LogP contribution in [0.25, 0.3) is 0 Å². The number of rotatable bonds is 1. The van der Waals surface area contributed by atoms with E-state index in [0.717, 1.165) is 0 Å². The van der Waals surface area contributed by atoms with Crippen LogP contribution in [0.4, 0.5) is 4.39 Å². The highest BCUT2D eigenvalue weighted by molar-refractivity contribution is 7.92. The molecule has 0 aromatic heterocycles. The molecule has 0 saturated carbocycles. The fourth-order valence-electron chi connectivity index (χ4n) is 2.33. The van der Waals surface area contributed by atoms with Crippen LogP contribution in [0.1, 0.15) is 31.9 Å². The number of halogens is 1. The fraction of sp³-hybridized carbons (Fsp3) is 0.538. The quantitative estimate of drug-likeness (QED) is 0.850. The third-order valence-corrected chi connectivity index (χ3v) is 5.75. The van der Waals surface area contributed by atoms with Crippen molar-refractivity contribution in [2.24, 2.45) is 0 Å². The average Bonchev–Trinajstić information content (AvgIpc) is 2.41. The van der Waals surface area contributed by atoms with E-state index in [0.29, 0.717) is 12.0 Å². The highest BCUT2D eigenvalue weighted by Crippen LogP contribution is 2.27. The Balaban J connectivity index is 2.40. The molecule has 0 bridgehead atoms. The number of hydrogen-bond acceptors (Lipinski definition) is 3. The van der Waals surface area contributed by atoms with Gasteiger partial charge >= 0.3 is 0 Å². The summed E-state index contributed by atoms with van der Waals surface area (Å²) >= 11 is 0. The molecule has 3 nitrogen and oxygen atoms in total. The van der Waals surface area contributed by atoms with Gasteiger partial charge in [-0.3, -0.25) is 0 Å². The molecule has 0 radical (unpaired) electrons. The van der Waals surface area contributed by atoms with Crippen LogP contribution in [0.3, 0.4) is 0 Å². The van der Waals surface area contributed by atoms with Crippen LogP contribution in [0.5, 0.6) is 0 Å². The summed E-state index contributed by atoms with van der Waals surface area (Å²) in [7, 11) is -3.13. The molecule has 100 valence electrons. The Kier molecular flexibility index (Phi) is 3.73. The predicted molar refractivity (Wildman–Crippen MR) is 69.6 cm³/mol. The summed E-state index contributed by atoms with van der Waals surface area (Å²) in [6.07, 6.45) is 0.596. The van der Waals surface area contributed by atoms with E-state index in [2.05, 4.69) is 5.32 Å². The van der Waals surface area contributed by atoms with Gasteiger partial charge < -0.3 is 5.32 Å². The van der Waals surface area contributed by atoms with Gasteiger partial charge in [0.1, 0.15) is 5.82 Å². The topological polar surface area (TPSA) is 46.2 Å². The molecule has 1 saturated heterocycles. The highest BCUT2D eigenvalue weighted by Gasteiger charge is 2.34. The van der Waals surface area contributed by atoms with Gasteiger partial charge in [0.05, 0.1) is 11.0 Å². The first-order chi connectivity index (χ1) is 8.40. The van der Waals surface area contributed by atoms with Crippen molar-refractivity contribution in [1.82, 2.24) is 5.32 Å². The van der Waals surface area contributed by atoms with Crippen LogP contribution in [0, 0.1) is 5.82 Å². The standard InChI is InChI=1S/C13H18FNO2S/c1-9-6-7-18(16,17)10(2)13(15-9)11-4-3-5-12(14)8-11/h3-5,8-10,13,15H,6-7H2,1-2H3. The normalized spacial score (nSPS) is 31.8. The van der Waals surface area contributed by atoms with Crippen molar-refractivity contribution in [3.8, 4) is 0 Å². The third kappa shape index (κ3) is 2.72. The molecule has 1 aliphatic rings. The number of hydrogen-bond donors (Lipinski definition) is 1. The van der Waals surface area contributed by atoms with E-state index in [1.165, 1.54) is 12.1 Å². The number of benzene rings is 1. The Labute approximate surface area is 107 Å². The molecule has 1 aromatic carbocycles. The van der Waals surface area contributed by atoms with Gasteiger partial charge in [-0.2, -0.15) is 0 Å². The Morgan fingerprint density at radius 1 is 1.33 bits per heavy atom.